The lowest BCUT2D eigenvalue weighted by atomic mass is 9.92. The minimum atomic E-state index is -0.0766. The number of halogens is 1. The van der Waals surface area contributed by atoms with Gasteiger partial charge < -0.3 is 11.1 Å². The largest absolute Gasteiger partial charge is 0.397 e. The summed E-state index contributed by atoms with van der Waals surface area (Å²) in [6.45, 7) is 6.01. The highest BCUT2D eigenvalue weighted by Crippen LogP contribution is 2.29. The summed E-state index contributed by atoms with van der Waals surface area (Å²) in [6.07, 6.45) is 0.428. The fourth-order valence-electron chi connectivity index (χ4n) is 1.34. The molecule has 0 aliphatic carbocycles. The van der Waals surface area contributed by atoms with Crippen molar-refractivity contribution in [3.63, 3.8) is 0 Å². The first-order chi connectivity index (χ1) is 7.29. The van der Waals surface area contributed by atoms with Gasteiger partial charge in [0.25, 0.3) is 0 Å². The lowest BCUT2D eigenvalue weighted by Crippen LogP contribution is -2.20. The van der Waals surface area contributed by atoms with Gasteiger partial charge in [-0.25, -0.2) is 0 Å². The van der Waals surface area contributed by atoms with Crippen LogP contribution in [0.15, 0.2) is 18.2 Å². The molecule has 0 aliphatic heterocycles. The molecule has 0 aliphatic rings. The van der Waals surface area contributed by atoms with Gasteiger partial charge in [-0.15, -0.1) is 0 Å². The topological polar surface area (TPSA) is 55.1 Å². The summed E-state index contributed by atoms with van der Waals surface area (Å²) >= 11 is 5.95. The lowest BCUT2D eigenvalue weighted by Gasteiger charge is -2.18. The van der Waals surface area contributed by atoms with E-state index in [9.17, 15) is 4.79 Å². The number of carbonyl (C=O) groups is 1. The van der Waals surface area contributed by atoms with E-state index in [2.05, 4.69) is 5.32 Å². The van der Waals surface area contributed by atoms with E-state index in [0.29, 0.717) is 22.8 Å². The molecule has 0 spiro atoms. The maximum atomic E-state index is 11.7. The smallest absolute Gasteiger partial charge is 0.224 e. The minimum absolute atomic E-state index is 0.0555. The molecular weight excluding hydrogens is 224 g/mol. The Labute approximate surface area is 101 Å². The lowest BCUT2D eigenvalue weighted by molar-refractivity contribution is -0.117. The van der Waals surface area contributed by atoms with E-state index >= 15 is 0 Å². The monoisotopic (exact) mass is 240 g/mol. The van der Waals surface area contributed by atoms with Gasteiger partial charge in [0.1, 0.15) is 0 Å². The number of carbonyl (C=O) groups excluding carboxylic acids is 1. The Morgan fingerprint density at radius 3 is 2.56 bits per heavy atom. The molecule has 4 heteroatoms. The van der Waals surface area contributed by atoms with Crippen LogP contribution in [-0.4, -0.2) is 5.91 Å². The molecule has 0 radical (unpaired) electrons. The van der Waals surface area contributed by atoms with E-state index in [0.717, 1.165) is 0 Å². The Bertz CT molecular complexity index is 376. The van der Waals surface area contributed by atoms with E-state index in [1.807, 2.05) is 20.8 Å². The van der Waals surface area contributed by atoms with Gasteiger partial charge in [-0.1, -0.05) is 38.4 Å². The molecule has 0 heterocycles. The van der Waals surface area contributed by atoms with Crippen molar-refractivity contribution in [2.45, 2.75) is 27.2 Å². The highest BCUT2D eigenvalue weighted by Gasteiger charge is 2.17. The average molecular weight is 241 g/mol. The standard InChI is InChI=1S/C12H17ClN2O/c1-12(2,3)7-10(16)15-11-8(13)5-4-6-9(11)14/h4-6H,7,14H2,1-3H3,(H,15,16). The van der Waals surface area contributed by atoms with Crippen LogP contribution in [0.25, 0.3) is 0 Å². The highest BCUT2D eigenvalue weighted by atomic mass is 35.5. The Morgan fingerprint density at radius 2 is 2.06 bits per heavy atom. The number of anilines is 2. The van der Waals surface area contributed by atoms with Gasteiger partial charge in [0.2, 0.25) is 5.91 Å². The summed E-state index contributed by atoms with van der Waals surface area (Å²) in [5.74, 6) is -0.0766. The van der Waals surface area contributed by atoms with Crippen molar-refractivity contribution < 1.29 is 4.79 Å². The third-order valence-electron chi connectivity index (χ3n) is 2.00. The van der Waals surface area contributed by atoms with Crippen LogP contribution in [-0.2, 0) is 4.79 Å². The molecule has 88 valence electrons. The molecule has 0 saturated heterocycles. The first-order valence-corrected chi connectivity index (χ1v) is 5.51. The van der Waals surface area contributed by atoms with Crippen molar-refractivity contribution in [1.29, 1.82) is 0 Å². The summed E-state index contributed by atoms with van der Waals surface area (Å²) in [4.78, 5) is 11.7. The zero-order valence-electron chi connectivity index (χ0n) is 9.80. The molecule has 1 rings (SSSR count). The first kappa shape index (κ1) is 12.8. The summed E-state index contributed by atoms with van der Waals surface area (Å²) in [5, 5.41) is 3.20. The summed E-state index contributed by atoms with van der Waals surface area (Å²) in [6, 6.07) is 5.15. The quantitative estimate of drug-likeness (QED) is 0.780. The van der Waals surface area contributed by atoms with Crippen LogP contribution >= 0.6 is 11.6 Å². The summed E-state index contributed by atoms with van der Waals surface area (Å²) < 4.78 is 0. The van der Waals surface area contributed by atoms with Crippen LogP contribution in [0.1, 0.15) is 27.2 Å². The Morgan fingerprint density at radius 1 is 1.44 bits per heavy atom. The van der Waals surface area contributed by atoms with Gasteiger partial charge in [0.15, 0.2) is 0 Å². The normalized spacial score (nSPS) is 11.2. The van der Waals surface area contributed by atoms with Crippen molar-refractivity contribution in [2.24, 2.45) is 5.41 Å². The molecule has 0 aromatic heterocycles. The van der Waals surface area contributed by atoms with Crippen LogP contribution in [0.3, 0.4) is 0 Å². The number of nitrogens with two attached hydrogens (primary N) is 1. The molecule has 3 nitrogen and oxygen atoms in total. The maximum absolute atomic E-state index is 11.7. The zero-order chi connectivity index (χ0) is 12.3. The zero-order valence-corrected chi connectivity index (χ0v) is 10.6. The molecule has 16 heavy (non-hydrogen) atoms. The van der Waals surface area contributed by atoms with Gasteiger partial charge in [-0.05, 0) is 17.5 Å². The molecule has 1 aromatic carbocycles. The molecule has 0 fully saturated rings. The minimum Gasteiger partial charge on any atom is -0.397 e. The van der Waals surface area contributed by atoms with E-state index < -0.39 is 0 Å². The van der Waals surface area contributed by atoms with Crippen molar-refractivity contribution in [2.75, 3.05) is 11.1 Å². The van der Waals surface area contributed by atoms with Crippen LogP contribution in [0.2, 0.25) is 5.02 Å². The number of hydrogen-bond donors (Lipinski definition) is 2. The number of rotatable bonds is 2. The summed E-state index contributed by atoms with van der Waals surface area (Å²) in [7, 11) is 0. The SMILES string of the molecule is CC(C)(C)CC(=O)Nc1c(N)cccc1Cl. The van der Waals surface area contributed by atoms with Crippen molar-refractivity contribution in [1.82, 2.24) is 0 Å². The second-order valence-corrected chi connectivity index (χ2v) is 5.40. The number of para-hydroxylation sites is 1. The van der Waals surface area contributed by atoms with Crippen LogP contribution in [0.5, 0.6) is 0 Å². The Kier molecular flexibility index (Phi) is 3.81. The summed E-state index contributed by atoms with van der Waals surface area (Å²) in [5.41, 5.74) is 6.66. The average Bonchev–Trinajstić information content (AvgIpc) is 2.08. The molecule has 0 unspecified atom stereocenters. The Hall–Kier alpha value is -1.22. The van der Waals surface area contributed by atoms with Gasteiger partial charge >= 0.3 is 0 Å². The van der Waals surface area contributed by atoms with Gasteiger partial charge in [0.05, 0.1) is 16.4 Å². The predicted octanol–water partition coefficient (Wildman–Crippen LogP) is 3.30. The second kappa shape index (κ2) is 4.74. The van der Waals surface area contributed by atoms with Crippen molar-refractivity contribution in [3.8, 4) is 0 Å². The molecular formula is C12H17ClN2O. The van der Waals surface area contributed by atoms with Crippen LogP contribution in [0.4, 0.5) is 11.4 Å². The van der Waals surface area contributed by atoms with Gasteiger partial charge in [-0.3, -0.25) is 4.79 Å². The number of benzene rings is 1. The Balaban J connectivity index is 2.78. The number of hydrogen-bond acceptors (Lipinski definition) is 2. The van der Waals surface area contributed by atoms with Gasteiger partial charge in [0, 0.05) is 6.42 Å². The molecule has 0 bridgehead atoms. The molecule has 1 aromatic rings. The fraction of sp³-hybridized carbons (Fsp3) is 0.417. The number of amides is 1. The molecule has 0 saturated carbocycles. The first-order valence-electron chi connectivity index (χ1n) is 5.13. The van der Waals surface area contributed by atoms with Crippen LogP contribution < -0.4 is 11.1 Å². The fourth-order valence-corrected chi connectivity index (χ4v) is 1.57. The third-order valence-corrected chi connectivity index (χ3v) is 2.32. The van der Waals surface area contributed by atoms with Crippen LogP contribution in [0, 0.1) is 5.41 Å². The van der Waals surface area contributed by atoms with E-state index in [-0.39, 0.29) is 11.3 Å². The second-order valence-electron chi connectivity index (χ2n) is 4.99. The molecule has 1 amide bonds. The molecule has 0 atom stereocenters. The van der Waals surface area contributed by atoms with E-state index in [4.69, 9.17) is 17.3 Å². The number of nitrogen functional groups attached to an aromatic ring is 1. The number of nitrogens with one attached hydrogen (secondary N) is 1. The highest BCUT2D eigenvalue weighted by molar-refractivity contribution is 6.34. The maximum Gasteiger partial charge on any atom is 0.224 e. The van der Waals surface area contributed by atoms with Gasteiger partial charge in [-0.2, -0.15) is 0 Å². The van der Waals surface area contributed by atoms with Crippen molar-refractivity contribution >= 4 is 28.9 Å². The molecule has 3 N–H and O–H groups in total. The third kappa shape index (κ3) is 3.74. The van der Waals surface area contributed by atoms with E-state index in [1.165, 1.54) is 0 Å². The van der Waals surface area contributed by atoms with Crippen molar-refractivity contribution in [3.05, 3.63) is 23.2 Å². The van der Waals surface area contributed by atoms with E-state index in [1.54, 1.807) is 18.2 Å². The predicted molar refractivity (Wildman–Crippen MR) is 68.6 cm³/mol.